The minimum Gasteiger partial charge on any atom is -0.481 e. The number of thioether (sulfide) groups is 1. The summed E-state index contributed by atoms with van der Waals surface area (Å²) in [7, 11) is 0. The number of carbonyl (C=O) groups excluding carboxylic acids is 2. The van der Waals surface area contributed by atoms with E-state index in [9.17, 15) is 19.2 Å². The maximum absolute atomic E-state index is 12.3. The van der Waals surface area contributed by atoms with Crippen molar-refractivity contribution in [3.63, 3.8) is 0 Å². The number of hydrogen-bond donors (Lipinski definition) is 7. The zero-order valence-electron chi connectivity index (χ0n) is 19.4. The summed E-state index contributed by atoms with van der Waals surface area (Å²) in [5.74, 6) is 2.62. The number of hydrogen-bond acceptors (Lipinski definition) is 12. The number of rotatable bonds is 23. The van der Waals surface area contributed by atoms with Gasteiger partial charge in [0.25, 0.3) is 0 Å². The zero-order chi connectivity index (χ0) is 26.5. The van der Waals surface area contributed by atoms with Crippen LogP contribution in [0.3, 0.4) is 0 Å². The molecule has 0 aromatic heterocycles. The van der Waals surface area contributed by atoms with Gasteiger partial charge in [0.05, 0.1) is 64.4 Å². The second kappa shape index (κ2) is 20.7. The van der Waals surface area contributed by atoms with E-state index < -0.39 is 35.6 Å². The summed E-state index contributed by atoms with van der Waals surface area (Å²) in [6.07, 6.45) is 1.51. The molecular formula is C19H36N6O9S. The molecule has 0 rings (SSSR count). The zero-order valence-corrected chi connectivity index (χ0v) is 20.2. The minimum absolute atomic E-state index is 0.0871. The molecule has 0 aliphatic carbocycles. The van der Waals surface area contributed by atoms with Crippen LogP contribution < -0.4 is 27.9 Å². The van der Waals surface area contributed by atoms with Gasteiger partial charge in [0, 0.05) is 24.2 Å². The topological polar surface area (TPSA) is 242 Å². The molecular weight excluding hydrogens is 488 g/mol. The highest BCUT2D eigenvalue weighted by Gasteiger charge is 2.24. The van der Waals surface area contributed by atoms with Crippen LogP contribution in [0.4, 0.5) is 0 Å². The molecule has 0 aromatic rings. The number of nitrogens with one attached hydrogen (secondary N) is 2. The molecule has 0 aromatic carbocycles. The maximum Gasteiger partial charge on any atom is 0.321 e. The van der Waals surface area contributed by atoms with Crippen molar-refractivity contribution in [3.8, 4) is 0 Å². The van der Waals surface area contributed by atoms with Gasteiger partial charge < -0.3 is 51.5 Å². The lowest BCUT2D eigenvalue weighted by Crippen LogP contribution is -2.39. The fourth-order valence-electron chi connectivity index (χ4n) is 2.21. The lowest BCUT2D eigenvalue weighted by molar-refractivity contribution is -0.138. The SMILES string of the molecule is N/C(=C\N(N)CCOCCOCCOCCNC=O)CNC(=O)C(CC(=O)O)SCC(N)C(=O)O. The number of carboxylic acid groups (broad SMARTS) is 2. The number of carboxylic acids is 2. The lowest BCUT2D eigenvalue weighted by atomic mass is 10.3. The molecule has 202 valence electrons. The number of aliphatic carboxylic acids is 2. The maximum atomic E-state index is 12.3. The molecule has 10 N–H and O–H groups in total. The summed E-state index contributed by atoms with van der Waals surface area (Å²) >= 11 is 0.844. The van der Waals surface area contributed by atoms with Crippen molar-refractivity contribution in [1.82, 2.24) is 15.6 Å². The van der Waals surface area contributed by atoms with E-state index in [0.717, 1.165) is 11.8 Å². The summed E-state index contributed by atoms with van der Waals surface area (Å²) in [4.78, 5) is 44.1. The Kier molecular flexibility index (Phi) is 19.2. The monoisotopic (exact) mass is 524 g/mol. The Morgan fingerprint density at radius 3 is 2.20 bits per heavy atom. The third-order valence-corrected chi connectivity index (χ3v) is 5.29. The van der Waals surface area contributed by atoms with E-state index in [1.807, 2.05) is 0 Å². The minimum atomic E-state index is -1.25. The highest BCUT2D eigenvalue weighted by Crippen LogP contribution is 2.16. The van der Waals surface area contributed by atoms with Crippen LogP contribution in [0.5, 0.6) is 0 Å². The van der Waals surface area contributed by atoms with Gasteiger partial charge in [-0.15, -0.1) is 11.8 Å². The molecule has 0 spiro atoms. The first-order valence-electron chi connectivity index (χ1n) is 10.6. The normalized spacial score (nSPS) is 13.0. The van der Waals surface area contributed by atoms with Crippen molar-refractivity contribution in [3.05, 3.63) is 11.9 Å². The third-order valence-electron chi connectivity index (χ3n) is 3.96. The summed E-state index contributed by atoms with van der Waals surface area (Å²) in [5.41, 5.74) is 11.4. The molecule has 35 heavy (non-hydrogen) atoms. The van der Waals surface area contributed by atoms with Crippen LogP contribution in [0.25, 0.3) is 0 Å². The van der Waals surface area contributed by atoms with Gasteiger partial charge in [-0.3, -0.25) is 19.2 Å². The molecule has 0 bridgehead atoms. The highest BCUT2D eigenvalue weighted by atomic mass is 32.2. The smallest absolute Gasteiger partial charge is 0.321 e. The van der Waals surface area contributed by atoms with E-state index in [1.54, 1.807) is 0 Å². The van der Waals surface area contributed by atoms with E-state index in [1.165, 1.54) is 11.2 Å². The van der Waals surface area contributed by atoms with Crippen molar-refractivity contribution >= 4 is 36.0 Å². The molecule has 2 atom stereocenters. The van der Waals surface area contributed by atoms with Crippen molar-refractivity contribution in [2.75, 3.05) is 65.0 Å². The predicted molar refractivity (Wildman–Crippen MR) is 127 cm³/mol. The van der Waals surface area contributed by atoms with Gasteiger partial charge in [-0.05, 0) is 0 Å². The van der Waals surface area contributed by atoms with Crippen LogP contribution in [0.15, 0.2) is 11.9 Å². The number of ether oxygens (including phenoxy) is 3. The van der Waals surface area contributed by atoms with Gasteiger partial charge in [0.15, 0.2) is 0 Å². The average Bonchev–Trinajstić information content (AvgIpc) is 2.80. The highest BCUT2D eigenvalue weighted by molar-refractivity contribution is 8.00. The van der Waals surface area contributed by atoms with Crippen LogP contribution in [0.2, 0.25) is 0 Å². The number of nitrogens with zero attached hydrogens (tertiary/aromatic N) is 1. The Morgan fingerprint density at radius 1 is 1.03 bits per heavy atom. The molecule has 2 amide bonds. The van der Waals surface area contributed by atoms with Crippen molar-refractivity contribution in [2.45, 2.75) is 17.7 Å². The quantitative estimate of drug-likeness (QED) is 0.0302. The summed E-state index contributed by atoms with van der Waals surface area (Å²) in [6, 6.07) is -1.22. The van der Waals surface area contributed by atoms with E-state index in [2.05, 4.69) is 10.6 Å². The molecule has 15 nitrogen and oxygen atoms in total. The molecule has 0 heterocycles. The molecule has 0 fully saturated rings. The van der Waals surface area contributed by atoms with E-state index >= 15 is 0 Å². The first-order chi connectivity index (χ1) is 16.7. The second-order valence-corrected chi connectivity index (χ2v) is 8.17. The Hall–Kier alpha value is -2.63. The molecule has 2 unspecified atom stereocenters. The Morgan fingerprint density at radius 2 is 1.63 bits per heavy atom. The van der Waals surface area contributed by atoms with Gasteiger partial charge in [0.1, 0.15) is 6.04 Å². The van der Waals surface area contributed by atoms with Crippen LogP contribution in [0, 0.1) is 0 Å². The lowest BCUT2D eigenvalue weighted by Gasteiger charge is -2.17. The molecule has 0 aliphatic rings. The molecule has 0 aliphatic heterocycles. The van der Waals surface area contributed by atoms with Gasteiger partial charge in [-0.1, -0.05) is 0 Å². The average molecular weight is 525 g/mol. The Labute approximate surface area is 207 Å². The molecule has 0 saturated heterocycles. The van der Waals surface area contributed by atoms with Crippen molar-refractivity contribution < 1.29 is 43.6 Å². The van der Waals surface area contributed by atoms with Crippen LogP contribution in [0.1, 0.15) is 6.42 Å². The van der Waals surface area contributed by atoms with Gasteiger partial charge in [-0.25, -0.2) is 5.84 Å². The van der Waals surface area contributed by atoms with E-state index in [0.29, 0.717) is 59.1 Å². The molecule has 16 heteroatoms. The van der Waals surface area contributed by atoms with Crippen LogP contribution in [-0.4, -0.2) is 116 Å². The first kappa shape index (κ1) is 32.4. The van der Waals surface area contributed by atoms with Crippen molar-refractivity contribution in [2.24, 2.45) is 17.3 Å². The van der Waals surface area contributed by atoms with E-state index in [-0.39, 0.29) is 18.0 Å². The summed E-state index contributed by atoms with van der Waals surface area (Å²) in [6.45, 7) is 2.91. The van der Waals surface area contributed by atoms with Crippen LogP contribution in [-0.2, 0) is 33.4 Å². The standard InChI is InChI=1S/C19H36N6O9S/c20-14(10-24-18(29)16(9-17(27)28)35-12-15(21)19(30)31)11-25(22)2-4-33-6-8-34-7-5-32-3-1-23-13-26/h11,13,15-16H,1-10,12,20-22H2,(H,23,26)(H,24,29)(H,27,28)(H,30,31)/b14-11-. The van der Waals surface area contributed by atoms with Gasteiger partial charge in [-0.2, -0.15) is 0 Å². The summed E-state index contributed by atoms with van der Waals surface area (Å²) in [5, 5.41) is 23.0. The Bertz CT molecular complexity index is 671. The fraction of sp³-hybridized carbons (Fsp3) is 0.684. The summed E-state index contributed by atoms with van der Waals surface area (Å²) < 4.78 is 15.9. The number of nitrogens with two attached hydrogens (primary N) is 3. The number of hydrazine groups is 1. The molecule has 0 saturated carbocycles. The van der Waals surface area contributed by atoms with Gasteiger partial charge in [0.2, 0.25) is 12.3 Å². The number of carbonyl (C=O) groups is 4. The van der Waals surface area contributed by atoms with Crippen molar-refractivity contribution in [1.29, 1.82) is 0 Å². The third kappa shape index (κ3) is 19.4. The molecule has 0 radical (unpaired) electrons. The number of amides is 2. The largest absolute Gasteiger partial charge is 0.481 e. The van der Waals surface area contributed by atoms with Gasteiger partial charge >= 0.3 is 11.9 Å². The predicted octanol–water partition coefficient (Wildman–Crippen LogP) is -3.14. The fourth-order valence-corrected chi connectivity index (χ4v) is 3.28. The second-order valence-electron chi connectivity index (χ2n) is 6.93. The first-order valence-corrected chi connectivity index (χ1v) is 11.7. The Balaban J connectivity index is 4.08. The van der Waals surface area contributed by atoms with E-state index in [4.69, 9.17) is 41.7 Å². The van der Waals surface area contributed by atoms with Crippen LogP contribution >= 0.6 is 11.8 Å².